The molecule has 0 spiro atoms. The van der Waals surface area contributed by atoms with Gasteiger partial charge in [0, 0.05) is 11.3 Å². The number of amides is 1. The lowest BCUT2D eigenvalue weighted by Gasteiger charge is -2.29. The molecule has 4 N–H and O–H groups in total. The van der Waals surface area contributed by atoms with Gasteiger partial charge < -0.3 is 16.2 Å². The van der Waals surface area contributed by atoms with Crippen LogP contribution in [0.4, 0.5) is 0 Å². The molecule has 1 aliphatic carbocycles. The van der Waals surface area contributed by atoms with E-state index in [1.54, 1.807) is 0 Å². The molecular weight excluding hydrogens is 312 g/mol. The first-order valence-corrected chi connectivity index (χ1v) is 8.43. The molecule has 0 radical (unpaired) electrons. The third-order valence-electron chi connectivity index (χ3n) is 4.64. The van der Waals surface area contributed by atoms with Gasteiger partial charge in [0.1, 0.15) is 6.04 Å². The minimum atomic E-state index is -1.02. The number of benzene rings is 1. The highest BCUT2D eigenvalue weighted by Gasteiger charge is 2.41. The summed E-state index contributed by atoms with van der Waals surface area (Å²) in [5.74, 6) is -1.19. The van der Waals surface area contributed by atoms with Crippen LogP contribution >= 0.6 is 12.6 Å². The minimum Gasteiger partial charge on any atom is -0.480 e. The average molecular weight is 336 g/mol. The summed E-state index contributed by atoms with van der Waals surface area (Å²) in [6.45, 7) is 0.439. The standard InChI is InChI=1S/C17H24N2O3S/c18-10-9-17(7-1-2-8-17)16(22)19-14(15(20)21)11-12-3-5-13(23)6-4-12/h3-6,14,23H,1-2,7-11,18H2,(H,19,22)(H,20,21)/t14-/m0/s1. The molecule has 126 valence electrons. The molecule has 2 rings (SSSR count). The molecule has 5 nitrogen and oxygen atoms in total. The van der Waals surface area contributed by atoms with Crippen molar-refractivity contribution >= 4 is 24.5 Å². The molecule has 1 aromatic rings. The fourth-order valence-corrected chi connectivity index (χ4v) is 3.45. The van der Waals surface area contributed by atoms with Crippen LogP contribution in [0.25, 0.3) is 0 Å². The number of carboxylic acid groups (broad SMARTS) is 1. The molecule has 1 aliphatic rings. The summed E-state index contributed by atoms with van der Waals surface area (Å²) in [7, 11) is 0. The molecule has 0 aliphatic heterocycles. The van der Waals surface area contributed by atoms with Crippen LogP contribution in [0.15, 0.2) is 29.2 Å². The Bertz CT molecular complexity index is 553. The topological polar surface area (TPSA) is 92.4 Å². The molecule has 1 fully saturated rings. The molecule has 0 heterocycles. The Balaban J connectivity index is 2.07. The number of aliphatic carboxylic acids is 1. The van der Waals surface area contributed by atoms with E-state index in [-0.39, 0.29) is 12.3 Å². The van der Waals surface area contributed by atoms with E-state index < -0.39 is 17.4 Å². The summed E-state index contributed by atoms with van der Waals surface area (Å²) in [4.78, 5) is 25.0. The van der Waals surface area contributed by atoms with Crippen molar-refractivity contribution in [1.29, 1.82) is 0 Å². The van der Waals surface area contributed by atoms with E-state index in [1.807, 2.05) is 24.3 Å². The fraction of sp³-hybridized carbons (Fsp3) is 0.529. The molecule has 0 unspecified atom stereocenters. The van der Waals surface area contributed by atoms with Gasteiger partial charge in [0.25, 0.3) is 0 Å². The van der Waals surface area contributed by atoms with E-state index in [9.17, 15) is 14.7 Å². The van der Waals surface area contributed by atoms with Gasteiger partial charge in [-0.25, -0.2) is 4.79 Å². The molecule has 1 atom stereocenters. The number of carbonyl (C=O) groups excluding carboxylic acids is 1. The van der Waals surface area contributed by atoms with Gasteiger partial charge >= 0.3 is 5.97 Å². The Morgan fingerprint density at radius 3 is 2.39 bits per heavy atom. The Kier molecular flexibility index (Phi) is 6.07. The van der Waals surface area contributed by atoms with E-state index in [0.29, 0.717) is 13.0 Å². The normalized spacial score (nSPS) is 17.7. The summed E-state index contributed by atoms with van der Waals surface area (Å²) in [5.41, 5.74) is 6.02. The predicted molar refractivity (Wildman–Crippen MR) is 91.5 cm³/mol. The SMILES string of the molecule is NCCC1(C(=O)N[C@@H](Cc2ccc(S)cc2)C(=O)O)CCCC1. The van der Waals surface area contributed by atoms with Crippen LogP contribution in [0.2, 0.25) is 0 Å². The summed E-state index contributed by atoms with van der Waals surface area (Å²) in [6.07, 6.45) is 4.43. The molecule has 1 amide bonds. The molecule has 23 heavy (non-hydrogen) atoms. The van der Waals surface area contributed by atoms with Crippen LogP contribution in [0.5, 0.6) is 0 Å². The van der Waals surface area contributed by atoms with Crippen molar-refractivity contribution in [3.63, 3.8) is 0 Å². The van der Waals surface area contributed by atoms with Gasteiger partial charge in [-0.3, -0.25) is 4.79 Å². The van der Waals surface area contributed by atoms with Gasteiger partial charge in [-0.15, -0.1) is 12.6 Å². The zero-order chi connectivity index (χ0) is 16.9. The molecule has 0 bridgehead atoms. The van der Waals surface area contributed by atoms with E-state index in [4.69, 9.17) is 5.73 Å². The highest BCUT2D eigenvalue weighted by molar-refractivity contribution is 7.80. The number of hydrogen-bond acceptors (Lipinski definition) is 4. The van der Waals surface area contributed by atoms with Gasteiger partial charge in [-0.2, -0.15) is 0 Å². The lowest BCUT2D eigenvalue weighted by atomic mass is 9.81. The number of hydrogen-bond donors (Lipinski definition) is 4. The highest BCUT2D eigenvalue weighted by atomic mass is 32.1. The minimum absolute atomic E-state index is 0.168. The largest absolute Gasteiger partial charge is 0.480 e. The summed E-state index contributed by atoms with van der Waals surface area (Å²) in [6, 6.07) is 6.35. The third kappa shape index (κ3) is 4.48. The summed E-state index contributed by atoms with van der Waals surface area (Å²) >= 11 is 4.21. The number of nitrogens with one attached hydrogen (secondary N) is 1. The first-order valence-electron chi connectivity index (χ1n) is 7.98. The molecular formula is C17H24N2O3S. The summed E-state index contributed by atoms with van der Waals surface area (Å²) < 4.78 is 0. The van der Waals surface area contributed by atoms with Crippen LogP contribution in [0.1, 0.15) is 37.7 Å². The monoisotopic (exact) mass is 336 g/mol. The van der Waals surface area contributed by atoms with Crippen LogP contribution in [-0.4, -0.2) is 29.6 Å². The lowest BCUT2D eigenvalue weighted by molar-refractivity contribution is -0.144. The molecule has 0 aromatic heterocycles. The highest BCUT2D eigenvalue weighted by Crippen LogP contribution is 2.41. The van der Waals surface area contributed by atoms with Crippen LogP contribution in [0, 0.1) is 5.41 Å². The maximum absolute atomic E-state index is 12.7. The van der Waals surface area contributed by atoms with Crippen molar-refractivity contribution in [2.24, 2.45) is 11.1 Å². The van der Waals surface area contributed by atoms with Crippen molar-refractivity contribution in [2.75, 3.05) is 6.54 Å². The van der Waals surface area contributed by atoms with Crippen LogP contribution < -0.4 is 11.1 Å². The van der Waals surface area contributed by atoms with Crippen LogP contribution in [0.3, 0.4) is 0 Å². The molecule has 0 saturated heterocycles. The Labute approximate surface area is 142 Å². The van der Waals surface area contributed by atoms with Gasteiger partial charge in [0.05, 0.1) is 5.41 Å². The maximum atomic E-state index is 12.7. The number of carboxylic acids is 1. The predicted octanol–water partition coefficient (Wildman–Crippen LogP) is 2.00. The van der Waals surface area contributed by atoms with Gasteiger partial charge in [-0.1, -0.05) is 25.0 Å². The van der Waals surface area contributed by atoms with Gasteiger partial charge in [0.2, 0.25) is 5.91 Å². The number of thiol groups is 1. The molecule has 6 heteroatoms. The first kappa shape index (κ1) is 17.8. The van der Waals surface area contributed by atoms with E-state index in [0.717, 1.165) is 36.1 Å². The molecule has 1 aromatic carbocycles. The van der Waals surface area contributed by atoms with Crippen molar-refractivity contribution < 1.29 is 14.7 Å². The number of nitrogens with two attached hydrogens (primary N) is 1. The van der Waals surface area contributed by atoms with Crippen LogP contribution in [-0.2, 0) is 16.0 Å². The summed E-state index contributed by atoms with van der Waals surface area (Å²) in [5, 5.41) is 12.2. The van der Waals surface area contributed by atoms with E-state index in [2.05, 4.69) is 17.9 Å². The Hall–Kier alpha value is -1.53. The zero-order valence-corrected chi connectivity index (χ0v) is 14.0. The van der Waals surface area contributed by atoms with E-state index >= 15 is 0 Å². The Morgan fingerprint density at radius 1 is 1.26 bits per heavy atom. The maximum Gasteiger partial charge on any atom is 0.326 e. The average Bonchev–Trinajstić information content (AvgIpc) is 2.99. The second-order valence-corrected chi connectivity index (χ2v) is 6.78. The van der Waals surface area contributed by atoms with E-state index in [1.165, 1.54) is 0 Å². The van der Waals surface area contributed by atoms with Crippen molar-refractivity contribution in [2.45, 2.75) is 49.5 Å². The zero-order valence-electron chi connectivity index (χ0n) is 13.1. The molecule has 1 saturated carbocycles. The second kappa shape index (κ2) is 7.84. The van der Waals surface area contributed by atoms with Crippen molar-refractivity contribution in [3.8, 4) is 0 Å². The quantitative estimate of drug-likeness (QED) is 0.573. The fourth-order valence-electron chi connectivity index (χ4n) is 3.30. The third-order valence-corrected chi connectivity index (χ3v) is 4.94. The lowest BCUT2D eigenvalue weighted by Crippen LogP contribution is -2.49. The van der Waals surface area contributed by atoms with Gasteiger partial charge in [-0.05, 0) is 43.5 Å². The van der Waals surface area contributed by atoms with Crippen molar-refractivity contribution in [3.05, 3.63) is 29.8 Å². The second-order valence-electron chi connectivity index (χ2n) is 6.26. The number of carbonyl (C=O) groups is 2. The van der Waals surface area contributed by atoms with Crippen molar-refractivity contribution in [1.82, 2.24) is 5.32 Å². The first-order chi connectivity index (χ1) is 11.0. The smallest absolute Gasteiger partial charge is 0.326 e. The van der Waals surface area contributed by atoms with Gasteiger partial charge in [0.15, 0.2) is 0 Å². The Morgan fingerprint density at radius 2 is 1.87 bits per heavy atom. The number of rotatable bonds is 7.